The van der Waals surface area contributed by atoms with Crippen molar-refractivity contribution in [3.05, 3.63) is 59.9 Å². The van der Waals surface area contributed by atoms with Crippen LogP contribution in [0.1, 0.15) is 31.9 Å². The van der Waals surface area contributed by atoms with Gasteiger partial charge in [0, 0.05) is 18.0 Å². The minimum Gasteiger partial charge on any atom is -0.491 e. The van der Waals surface area contributed by atoms with Crippen LogP contribution < -0.4 is 4.74 Å². The predicted molar refractivity (Wildman–Crippen MR) is 75.1 cm³/mol. The predicted octanol–water partition coefficient (Wildman–Crippen LogP) is 3.12. The Hall–Kier alpha value is -1.87. The van der Waals surface area contributed by atoms with Gasteiger partial charge in [0.15, 0.2) is 0 Å². The van der Waals surface area contributed by atoms with Crippen LogP contribution in [0.25, 0.3) is 0 Å². The van der Waals surface area contributed by atoms with E-state index in [0.717, 1.165) is 16.9 Å². The summed E-state index contributed by atoms with van der Waals surface area (Å²) in [5.74, 6) is 0.761. The molecule has 1 N–H and O–H groups in total. The van der Waals surface area contributed by atoms with Crippen LogP contribution in [-0.4, -0.2) is 16.2 Å². The average Bonchev–Trinajstić information content (AvgIpc) is 2.39. The summed E-state index contributed by atoms with van der Waals surface area (Å²) in [7, 11) is 0. The SMILES string of the molecule is CC(C)Oc1cccc(C(C)(O)c2cccnc2)c1. The van der Waals surface area contributed by atoms with Gasteiger partial charge in [-0.3, -0.25) is 4.98 Å². The van der Waals surface area contributed by atoms with Crippen molar-refractivity contribution in [2.24, 2.45) is 0 Å². The number of aromatic nitrogens is 1. The van der Waals surface area contributed by atoms with Crippen molar-refractivity contribution in [1.82, 2.24) is 4.98 Å². The van der Waals surface area contributed by atoms with E-state index < -0.39 is 5.60 Å². The van der Waals surface area contributed by atoms with E-state index in [2.05, 4.69) is 4.98 Å². The van der Waals surface area contributed by atoms with Crippen LogP contribution in [0.2, 0.25) is 0 Å². The number of ether oxygens (including phenoxy) is 1. The van der Waals surface area contributed by atoms with Crippen molar-refractivity contribution in [3.8, 4) is 5.75 Å². The Bertz CT molecular complexity index is 535. The van der Waals surface area contributed by atoms with Gasteiger partial charge in [0.25, 0.3) is 0 Å². The molecule has 3 nitrogen and oxygen atoms in total. The summed E-state index contributed by atoms with van der Waals surface area (Å²) >= 11 is 0. The fourth-order valence-electron chi connectivity index (χ4n) is 1.96. The molecule has 0 aliphatic heterocycles. The first kappa shape index (κ1) is 13.6. The molecule has 0 fully saturated rings. The van der Waals surface area contributed by atoms with E-state index in [9.17, 15) is 5.11 Å². The molecule has 0 radical (unpaired) electrons. The average molecular weight is 257 g/mol. The van der Waals surface area contributed by atoms with E-state index in [1.807, 2.05) is 50.2 Å². The number of hydrogen-bond donors (Lipinski definition) is 1. The highest BCUT2D eigenvalue weighted by Gasteiger charge is 2.26. The zero-order chi connectivity index (χ0) is 13.9. The van der Waals surface area contributed by atoms with E-state index >= 15 is 0 Å². The van der Waals surface area contributed by atoms with Gasteiger partial charge in [0.1, 0.15) is 11.4 Å². The molecule has 0 bridgehead atoms. The molecule has 0 aliphatic rings. The van der Waals surface area contributed by atoms with Gasteiger partial charge < -0.3 is 9.84 Å². The molecule has 1 unspecified atom stereocenters. The quantitative estimate of drug-likeness (QED) is 0.915. The van der Waals surface area contributed by atoms with E-state index in [0.29, 0.717) is 0 Å². The maximum absolute atomic E-state index is 10.7. The number of hydrogen-bond acceptors (Lipinski definition) is 3. The molecule has 1 aromatic heterocycles. The third-order valence-corrected chi connectivity index (χ3v) is 2.99. The Labute approximate surface area is 113 Å². The highest BCUT2D eigenvalue weighted by atomic mass is 16.5. The summed E-state index contributed by atoms with van der Waals surface area (Å²) in [4.78, 5) is 4.06. The molecule has 1 atom stereocenters. The molecule has 1 aromatic carbocycles. The number of nitrogens with zero attached hydrogens (tertiary/aromatic N) is 1. The van der Waals surface area contributed by atoms with Crippen LogP contribution in [0.15, 0.2) is 48.8 Å². The summed E-state index contributed by atoms with van der Waals surface area (Å²) in [5.41, 5.74) is 0.472. The lowest BCUT2D eigenvalue weighted by Gasteiger charge is -2.24. The minimum atomic E-state index is -1.08. The molecule has 2 aromatic rings. The van der Waals surface area contributed by atoms with Crippen LogP contribution in [0, 0.1) is 0 Å². The molecular formula is C16H19NO2. The normalized spacial score (nSPS) is 14.2. The molecule has 1 heterocycles. The Kier molecular flexibility index (Phi) is 3.86. The van der Waals surface area contributed by atoms with Crippen LogP contribution in [0.5, 0.6) is 5.75 Å². The summed E-state index contributed by atoms with van der Waals surface area (Å²) in [6.07, 6.45) is 3.48. The smallest absolute Gasteiger partial charge is 0.120 e. The lowest BCUT2D eigenvalue weighted by molar-refractivity contribution is 0.101. The van der Waals surface area contributed by atoms with Crippen molar-refractivity contribution in [2.75, 3.05) is 0 Å². The first-order valence-corrected chi connectivity index (χ1v) is 6.40. The third-order valence-electron chi connectivity index (χ3n) is 2.99. The highest BCUT2D eigenvalue weighted by molar-refractivity contribution is 5.38. The minimum absolute atomic E-state index is 0.110. The second kappa shape index (κ2) is 5.41. The Morgan fingerprint density at radius 2 is 1.89 bits per heavy atom. The van der Waals surface area contributed by atoms with E-state index in [1.54, 1.807) is 19.3 Å². The highest BCUT2D eigenvalue weighted by Crippen LogP contribution is 2.30. The van der Waals surface area contributed by atoms with Gasteiger partial charge in [-0.05, 0) is 44.5 Å². The zero-order valence-electron chi connectivity index (χ0n) is 11.5. The molecule has 0 aliphatic carbocycles. The second-order valence-corrected chi connectivity index (χ2v) is 5.01. The number of aliphatic hydroxyl groups is 1. The molecule has 0 saturated heterocycles. The van der Waals surface area contributed by atoms with Gasteiger partial charge in [-0.2, -0.15) is 0 Å². The summed E-state index contributed by atoms with van der Waals surface area (Å²) < 4.78 is 5.66. The molecule has 0 spiro atoms. The molecule has 0 saturated carbocycles. The number of pyridine rings is 1. The zero-order valence-corrected chi connectivity index (χ0v) is 11.5. The molecule has 100 valence electrons. The molecule has 2 rings (SSSR count). The lowest BCUT2D eigenvalue weighted by atomic mass is 9.89. The van der Waals surface area contributed by atoms with Crippen molar-refractivity contribution >= 4 is 0 Å². The topological polar surface area (TPSA) is 42.4 Å². The first-order chi connectivity index (χ1) is 9.00. The van der Waals surface area contributed by atoms with E-state index in [4.69, 9.17) is 4.74 Å². The van der Waals surface area contributed by atoms with Crippen LogP contribution >= 0.6 is 0 Å². The summed E-state index contributed by atoms with van der Waals surface area (Å²) in [6, 6.07) is 11.2. The Morgan fingerprint density at radius 3 is 2.53 bits per heavy atom. The third kappa shape index (κ3) is 3.12. The van der Waals surface area contributed by atoms with Gasteiger partial charge in [-0.1, -0.05) is 18.2 Å². The standard InChI is InChI=1S/C16H19NO2/c1-12(2)19-15-8-4-6-13(10-15)16(3,18)14-7-5-9-17-11-14/h4-12,18H,1-3H3. The molecule has 3 heteroatoms. The van der Waals surface area contributed by atoms with E-state index in [-0.39, 0.29) is 6.10 Å². The van der Waals surface area contributed by atoms with Crippen LogP contribution in [0.3, 0.4) is 0 Å². The number of rotatable bonds is 4. The molecular weight excluding hydrogens is 238 g/mol. The molecule has 0 amide bonds. The molecule has 19 heavy (non-hydrogen) atoms. The van der Waals surface area contributed by atoms with Crippen LogP contribution in [-0.2, 0) is 5.60 Å². The maximum atomic E-state index is 10.7. The lowest BCUT2D eigenvalue weighted by Crippen LogP contribution is -2.23. The largest absolute Gasteiger partial charge is 0.491 e. The Balaban J connectivity index is 2.35. The fraction of sp³-hybridized carbons (Fsp3) is 0.312. The fourth-order valence-corrected chi connectivity index (χ4v) is 1.96. The maximum Gasteiger partial charge on any atom is 0.120 e. The van der Waals surface area contributed by atoms with E-state index in [1.165, 1.54) is 0 Å². The van der Waals surface area contributed by atoms with Gasteiger partial charge in [-0.25, -0.2) is 0 Å². The van der Waals surface area contributed by atoms with Gasteiger partial charge >= 0.3 is 0 Å². The first-order valence-electron chi connectivity index (χ1n) is 6.40. The van der Waals surface area contributed by atoms with Gasteiger partial charge in [0.05, 0.1) is 6.10 Å². The second-order valence-electron chi connectivity index (χ2n) is 5.01. The van der Waals surface area contributed by atoms with Crippen molar-refractivity contribution in [1.29, 1.82) is 0 Å². The van der Waals surface area contributed by atoms with Crippen LogP contribution in [0.4, 0.5) is 0 Å². The van der Waals surface area contributed by atoms with Gasteiger partial charge in [-0.15, -0.1) is 0 Å². The van der Waals surface area contributed by atoms with Crippen molar-refractivity contribution in [2.45, 2.75) is 32.5 Å². The van der Waals surface area contributed by atoms with Crippen molar-refractivity contribution in [3.63, 3.8) is 0 Å². The van der Waals surface area contributed by atoms with Gasteiger partial charge in [0.2, 0.25) is 0 Å². The monoisotopic (exact) mass is 257 g/mol. The summed E-state index contributed by atoms with van der Waals surface area (Å²) in [6.45, 7) is 5.72. The van der Waals surface area contributed by atoms with Crippen molar-refractivity contribution < 1.29 is 9.84 Å². The summed E-state index contributed by atoms with van der Waals surface area (Å²) in [5, 5.41) is 10.7. The Morgan fingerprint density at radius 1 is 1.16 bits per heavy atom. The number of benzene rings is 1.